The lowest BCUT2D eigenvalue weighted by Gasteiger charge is -2.34. The number of morpholine rings is 1. The Kier molecular flexibility index (Phi) is 5.96. The first-order valence-electron chi connectivity index (χ1n) is 8.00. The Balaban J connectivity index is 2.13. The first-order chi connectivity index (χ1) is 10.8. The molecule has 23 heavy (non-hydrogen) atoms. The van der Waals surface area contributed by atoms with Gasteiger partial charge in [-0.25, -0.2) is 4.39 Å². The van der Waals surface area contributed by atoms with Crippen LogP contribution in [-0.4, -0.2) is 49.2 Å². The van der Waals surface area contributed by atoms with Crippen molar-refractivity contribution in [1.29, 1.82) is 0 Å². The number of hydrogen-bond donors (Lipinski definition) is 2. The van der Waals surface area contributed by atoms with E-state index in [0.29, 0.717) is 25.7 Å². The van der Waals surface area contributed by atoms with Gasteiger partial charge in [0.25, 0.3) is 0 Å². The largest absolute Gasteiger partial charge is 0.379 e. The molecule has 1 unspecified atom stereocenters. The smallest absolute Gasteiger partial charge is 0.189 e. The van der Waals surface area contributed by atoms with Crippen molar-refractivity contribution in [2.24, 2.45) is 10.7 Å². The molecule has 1 aromatic carbocycles. The highest BCUT2D eigenvalue weighted by Crippen LogP contribution is 2.22. The third-order valence-corrected chi connectivity index (χ3v) is 3.68. The van der Waals surface area contributed by atoms with Crippen LogP contribution in [0.2, 0.25) is 0 Å². The van der Waals surface area contributed by atoms with Crippen molar-refractivity contribution in [3.63, 3.8) is 0 Å². The van der Waals surface area contributed by atoms with E-state index >= 15 is 0 Å². The van der Waals surface area contributed by atoms with Gasteiger partial charge in [0.2, 0.25) is 0 Å². The number of ether oxygens (including phenoxy) is 1. The lowest BCUT2D eigenvalue weighted by molar-refractivity contribution is 0.0179. The summed E-state index contributed by atoms with van der Waals surface area (Å²) in [6.45, 7) is 9.72. The van der Waals surface area contributed by atoms with Crippen LogP contribution >= 0.6 is 0 Å². The second kappa shape index (κ2) is 7.75. The van der Waals surface area contributed by atoms with Crippen molar-refractivity contribution in [3.05, 3.63) is 35.6 Å². The molecule has 0 aliphatic carbocycles. The van der Waals surface area contributed by atoms with Gasteiger partial charge in [-0.3, -0.25) is 9.89 Å². The number of nitrogens with one attached hydrogen (secondary N) is 1. The van der Waals surface area contributed by atoms with Gasteiger partial charge in [-0.2, -0.15) is 0 Å². The van der Waals surface area contributed by atoms with Gasteiger partial charge in [0.1, 0.15) is 5.82 Å². The maximum atomic E-state index is 13.2. The van der Waals surface area contributed by atoms with E-state index < -0.39 is 0 Å². The molecule has 6 heteroatoms. The van der Waals surface area contributed by atoms with E-state index in [2.05, 4.69) is 15.2 Å². The number of guanidine groups is 1. The molecular formula is C17H27FN4O. The number of rotatable bonds is 4. The molecule has 0 saturated carbocycles. The van der Waals surface area contributed by atoms with Gasteiger partial charge in [0, 0.05) is 18.6 Å². The van der Waals surface area contributed by atoms with Gasteiger partial charge in [0.05, 0.1) is 25.8 Å². The lowest BCUT2D eigenvalue weighted by atomic mass is 10.0. The van der Waals surface area contributed by atoms with E-state index in [1.54, 1.807) is 0 Å². The van der Waals surface area contributed by atoms with Crippen LogP contribution in [0.5, 0.6) is 0 Å². The molecule has 2 rings (SSSR count). The van der Waals surface area contributed by atoms with Crippen LogP contribution < -0.4 is 11.1 Å². The Bertz CT molecular complexity index is 518. The maximum Gasteiger partial charge on any atom is 0.189 e. The minimum Gasteiger partial charge on any atom is -0.379 e. The monoisotopic (exact) mass is 322 g/mol. The Labute approximate surface area is 137 Å². The SMILES string of the molecule is CC(C)(C)NC(N)=NCC(c1ccc(F)cc1)N1CCOCC1. The third kappa shape index (κ3) is 5.80. The van der Waals surface area contributed by atoms with Crippen LogP contribution in [0.3, 0.4) is 0 Å². The summed E-state index contributed by atoms with van der Waals surface area (Å²) >= 11 is 0. The maximum absolute atomic E-state index is 13.2. The molecule has 1 atom stereocenters. The Hall–Kier alpha value is -1.66. The normalized spacial score (nSPS) is 18.7. The number of nitrogens with zero attached hydrogens (tertiary/aromatic N) is 2. The van der Waals surface area contributed by atoms with Gasteiger partial charge >= 0.3 is 0 Å². The number of halogens is 1. The highest BCUT2D eigenvalue weighted by Gasteiger charge is 2.22. The lowest BCUT2D eigenvalue weighted by Crippen LogP contribution is -2.45. The van der Waals surface area contributed by atoms with Crippen LogP contribution in [0.15, 0.2) is 29.3 Å². The third-order valence-electron chi connectivity index (χ3n) is 3.68. The van der Waals surface area contributed by atoms with Crippen LogP contribution in [0.25, 0.3) is 0 Å². The fourth-order valence-electron chi connectivity index (χ4n) is 2.61. The van der Waals surface area contributed by atoms with Crippen LogP contribution in [0.1, 0.15) is 32.4 Å². The van der Waals surface area contributed by atoms with Crippen molar-refractivity contribution >= 4 is 5.96 Å². The summed E-state index contributed by atoms with van der Waals surface area (Å²) in [4.78, 5) is 6.80. The van der Waals surface area contributed by atoms with Crippen molar-refractivity contribution in [2.45, 2.75) is 32.4 Å². The van der Waals surface area contributed by atoms with Gasteiger partial charge in [-0.15, -0.1) is 0 Å². The van der Waals surface area contributed by atoms with E-state index in [1.165, 1.54) is 12.1 Å². The van der Waals surface area contributed by atoms with Crippen LogP contribution in [-0.2, 0) is 4.74 Å². The average molecular weight is 322 g/mol. The number of benzene rings is 1. The molecule has 1 aliphatic heterocycles. The second-order valence-corrected chi connectivity index (χ2v) is 6.82. The molecular weight excluding hydrogens is 295 g/mol. The molecule has 0 spiro atoms. The number of nitrogens with two attached hydrogens (primary N) is 1. The molecule has 0 bridgehead atoms. The highest BCUT2D eigenvalue weighted by atomic mass is 19.1. The predicted molar refractivity (Wildman–Crippen MR) is 90.9 cm³/mol. The predicted octanol–water partition coefficient (Wildman–Crippen LogP) is 1.90. The summed E-state index contributed by atoms with van der Waals surface area (Å²) in [6.07, 6.45) is 0. The van der Waals surface area contributed by atoms with E-state index in [4.69, 9.17) is 10.5 Å². The fraction of sp³-hybridized carbons (Fsp3) is 0.588. The van der Waals surface area contributed by atoms with Crippen molar-refractivity contribution in [3.8, 4) is 0 Å². The Morgan fingerprint density at radius 1 is 1.30 bits per heavy atom. The molecule has 3 N–H and O–H groups in total. The first kappa shape index (κ1) is 17.7. The molecule has 1 aliphatic rings. The summed E-state index contributed by atoms with van der Waals surface area (Å²) in [5, 5.41) is 3.16. The molecule has 0 amide bonds. The minimum absolute atomic E-state index is 0.0693. The molecule has 5 nitrogen and oxygen atoms in total. The van der Waals surface area contributed by atoms with Crippen LogP contribution in [0.4, 0.5) is 4.39 Å². The topological polar surface area (TPSA) is 62.9 Å². The molecule has 1 heterocycles. The van der Waals surface area contributed by atoms with E-state index in [1.807, 2.05) is 32.9 Å². The molecule has 128 valence electrons. The zero-order valence-corrected chi connectivity index (χ0v) is 14.2. The van der Waals surface area contributed by atoms with E-state index in [9.17, 15) is 4.39 Å². The molecule has 0 radical (unpaired) electrons. The Morgan fingerprint density at radius 3 is 2.48 bits per heavy atom. The average Bonchev–Trinajstić information content (AvgIpc) is 2.48. The molecule has 1 saturated heterocycles. The molecule has 1 fully saturated rings. The van der Waals surface area contributed by atoms with Gasteiger partial charge in [-0.05, 0) is 38.5 Å². The summed E-state index contributed by atoms with van der Waals surface area (Å²) in [5.74, 6) is 0.199. The van der Waals surface area contributed by atoms with Gasteiger partial charge in [0.15, 0.2) is 5.96 Å². The summed E-state index contributed by atoms with van der Waals surface area (Å²) < 4.78 is 18.6. The first-order valence-corrected chi connectivity index (χ1v) is 8.00. The molecule has 0 aromatic heterocycles. The zero-order valence-electron chi connectivity index (χ0n) is 14.2. The van der Waals surface area contributed by atoms with Gasteiger partial charge < -0.3 is 15.8 Å². The quantitative estimate of drug-likeness (QED) is 0.656. The minimum atomic E-state index is -0.230. The second-order valence-electron chi connectivity index (χ2n) is 6.82. The zero-order chi connectivity index (χ0) is 16.9. The van der Waals surface area contributed by atoms with E-state index in [0.717, 1.165) is 18.7 Å². The van der Waals surface area contributed by atoms with Crippen molar-refractivity contribution in [1.82, 2.24) is 10.2 Å². The highest BCUT2D eigenvalue weighted by molar-refractivity contribution is 5.78. The van der Waals surface area contributed by atoms with Crippen molar-refractivity contribution < 1.29 is 9.13 Å². The number of aliphatic imine (C=N–C) groups is 1. The number of hydrogen-bond acceptors (Lipinski definition) is 3. The van der Waals surface area contributed by atoms with Crippen molar-refractivity contribution in [2.75, 3.05) is 32.8 Å². The summed E-state index contributed by atoms with van der Waals surface area (Å²) in [5.41, 5.74) is 6.89. The van der Waals surface area contributed by atoms with Crippen LogP contribution in [0, 0.1) is 5.82 Å². The standard InChI is InChI=1S/C17H27FN4O/c1-17(2,3)21-16(19)20-12-15(22-8-10-23-11-9-22)13-4-6-14(18)7-5-13/h4-7,15H,8-12H2,1-3H3,(H3,19,20,21). The summed E-state index contributed by atoms with van der Waals surface area (Å²) in [6, 6.07) is 6.68. The summed E-state index contributed by atoms with van der Waals surface area (Å²) in [7, 11) is 0. The van der Waals surface area contributed by atoms with E-state index in [-0.39, 0.29) is 17.4 Å². The Morgan fingerprint density at radius 2 is 1.91 bits per heavy atom. The van der Waals surface area contributed by atoms with Gasteiger partial charge in [-0.1, -0.05) is 12.1 Å². The fourth-order valence-corrected chi connectivity index (χ4v) is 2.61. The molecule has 1 aromatic rings.